The lowest BCUT2D eigenvalue weighted by molar-refractivity contribution is 0.529. The molecule has 0 heterocycles. The molecule has 0 saturated heterocycles. The minimum atomic E-state index is 0.955. The van der Waals surface area contributed by atoms with E-state index in [2.05, 4.69) is 37.7 Å². The summed E-state index contributed by atoms with van der Waals surface area (Å²) in [5, 5.41) is 0. The zero-order chi connectivity index (χ0) is 7.98. The molecule has 0 rings (SSSR count). The molecule has 0 radical (unpaired) electrons. The second-order valence-corrected chi connectivity index (χ2v) is 2.44. The summed E-state index contributed by atoms with van der Waals surface area (Å²) in [6.07, 6.45) is 1.13. The zero-order valence-electron chi connectivity index (χ0n) is 7.52. The van der Waals surface area contributed by atoms with Crippen LogP contribution in [-0.4, -0.2) is 30.9 Å². The first-order chi connectivity index (χ1) is 4.72. The van der Waals surface area contributed by atoms with E-state index >= 15 is 0 Å². The van der Waals surface area contributed by atoms with Gasteiger partial charge in [0, 0.05) is 20.1 Å². The van der Waals surface area contributed by atoms with Crippen molar-refractivity contribution in [3.8, 4) is 0 Å². The molecule has 0 aliphatic rings. The Balaban J connectivity index is 3.67. The van der Waals surface area contributed by atoms with Gasteiger partial charge in [-0.1, -0.05) is 6.92 Å². The van der Waals surface area contributed by atoms with Gasteiger partial charge in [-0.05, 0) is 20.3 Å². The van der Waals surface area contributed by atoms with Crippen LogP contribution in [0.15, 0.2) is 4.99 Å². The highest BCUT2D eigenvalue weighted by Crippen LogP contribution is 1.87. The van der Waals surface area contributed by atoms with E-state index < -0.39 is 0 Å². The third-order valence-electron chi connectivity index (χ3n) is 1.59. The SMILES string of the molecule is CCCN=C(C)N(C)CC. The molecule has 0 spiro atoms. The lowest BCUT2D eigenvalue weighted by Gasteiger charge is -2.15. The predicted octanol–water partition coefficient (Wildman–Crippen LogP) is 1.77. The van der Waals surface area contributed by atoms with E-state index in [4.69, 9.17) is 0 Å². The smallest absolute Gasteiger partial charge is 0.0954 e. The maximum absolute atomic E-state index is 4.36. The molecule has 0 N–H and O–H groups in total. The fraction of sp³-hybridized carbons (Fsp3) is 0.875. The Morgan fingerprint density at radius 2 is 2.00 bits per heavy atom. The summed E-state index contributed by atoms with van der Waals surface area (Å²) in [5.41, 5.74) is 0. The number of aliphatic imine (C=N–C) groups is 1. The predicted molar refractivity (Wildman–Crippen MR) is 46.6 cm³/mol. The number of amidine groups is 1. The molecular formula is C8H18N2. The molecule has 0 atom stereocenters. The third-order valence-corrected chi connectivity index (χ3v) is 1.59. The van der Waals surface area contributed by atoms with Gasteiger partial charge in [-0.3, -0.25) is 4.99 Å². The van der Waals surface area contributed by atoms with Gasteiger partial charge in [-0.2, -0.15) is 0 Å². The van der Waals surface area contributed by atoms with Gasteiger partial charge >= 0.3 is 0 Å². The Labute approximate surface area is 63.9 Å². The van der Waals surface area contributed by atoms with Crippen LogP contribution < -0.4 is 0 Å². The molecule has 0 aromatic rings. The Morgan fingerprint density at radius 1 is 1.40 bits per heavy atom. The summed E-state index contributed by atoms with van der Waals surface area (Å²) in [5.74, 6) is 1.14. The second kappa shape index (κ2) is 5.27. The van der Waals surface area contributed by atoms with Crippen LogP contribution in [0.2, 0.25) is 0 Å². The van der Waals surface area contributed by atoms with Gasteiger partial charge in [0.25, 0.3) is 0 Å². The molecule has 0 aromatic heterocycles. The lowest BCUT2D eigenvalue weighted by Crippen LogP contribution is -2.23. The molecule has 2 heteroatoms. The minimum Gasteiger partial charge on any atom is -0.364 e. The zero-order valence-corrected chi connectivity index (χ0v) is 7.52. The lowest BCUT2D eigenvalue weighted by atomic mass is 10.5. The number of hydrogen-bond acceptors (Lipinski definition) is 1. The second-order valence-electron chi connectivity index (χ2n) is 2.44. The molecule has 0 amide bonds. The first-order valence-corrected chi connectivity index (χ1v) is 3.94. The normalized spacial score (nSPS) is 11.8. The van der Waals surface area contributed by atoms with Crippen molar-refractivity contribution in [2.75, 3.05) is 20.1 Å². The van der Waals surface area contributed by atoms with Crippen LogP contribution in [0.3, 0.4) is 0 Å². The van der Waals surface area contributed by atoms with E-state index in [9.17, 15) is 0 Å². The number of hydrogen-bond donors (Lipinski definition) is 0. The monoisotopic (exact) mass is 142 g/mol. The van der Waals surface area contributed by atoms with Crippen LogP contribution >= 0.6 is 0 Å². The molecule has 60 valence electrons. The third kappa shape index (κ3) is 3.49. The minimum absolute atomic E-state index is 0.955. The highest BCUT2D eigenvalue weighted by Gasteiger charge is 1.93. The molecule has 0 aromatic carbocycles. The standard InChI is InChI=1S/C8H18N2/c1-5-7-9-8(3)10(4)6-2/h5-7H2,1-4H3. The van der Waals surface area contributed by atoms with Crippen molar-refractivity contribution >= 4 is 5.84 Å². The summed E-state index contributed by atoms with van der Waals surface area (Å²) in [6, 6.07) is 0. The largest absolute Gasteiger partial charge is 0.364 e. The van der Waals surface area contributed by atoms with Gasteiger partial charge < -0.3 is 4.90 Å². The molecule has 0 bridgehead atoms. The number of rotatable bonds is 3. The maximum atomic E-state index is 4.36. The fourth-order valence-corrected chi connectivity index (χ4v) is 0.623. The van der Waals surface area contributed by atoms with Crippen LogP contribution in [0, 0.1) is 0 Å². The van der Waals surface area contributed by atoms with E-state index in [1.807, 2.05) is 0 Å². The summed E-state index contributed by atoms with van der Waals surface area (Å²) in [4.78, 5) is 6.50. The van der Waals surface area contributed by atoms with Crippen LogP contribution in [0.25, 0.3) is 0 Å². The first kappa shape index (κ1) is 9.47. The Hall–Kier alpha value is -0.530. The van der Waals surface area contributed by atoms with Gasteiger partial charge in [0.15, 0.2) is 0 Å². The van der Waals surface area contributed by atoms with Crippen molar-refractivity contribution in [3.63, 3.8) is 0 Å². The van der Waals surface area contributed by atoms with Gasteiger partial charge in [0.05, 0.1) is 5.84 Å². The number of nitrogens with zero attached hydrogens (tertiary/aromatic N) is 2. The summed E-state index contributed by atoms with van der Waals surface area (Å²) >= 11 is 0. The Bertz CT molecular complexity index is 108. The Kier molecular flexibility index (Phi) is 4.99. The highest BCUT2D eigenvalue weighted by molar-refractivity contribution is 5.79. The van der Waals surface area contributed by atoms with Crippen molar-refractivity contribution < 1.29 is 0 Å². The quantitative estimate of drug-likeness (QED) is 0.433. The summed E-state index contributed by atoms with van der Waals surface area (Å²) in [6.45, 7) is 8.32. The topological polar surface area (TPSA) is 15.6 Å². The molecule has 0 fully saturated rings. The highest BCUT2D eigenvalue weighted by atomic mass is 15.1. The van der Waals surface area contributed by atoms with Crippen LogP contribution in [0.1, 0.15) is 27.2 Å². The van der Waals surface area contributed by atoms with Crippen molar-refractivity contribution in [2.45, 2.75) is 27.2 Å². The van der Waals surface area contributed by atoms with Crippen molar-refractivity contribution in [2.24, 2.45) is 4.99 Å². The van der Waals surface area contributed by atoms with Gasteiger partial charge in [0.2, 0.25) is 0 Å². The van der Waals surface area contributed by atoms with Crippen LogP contribution in [0.4, 0.5) is 0 Å². The summed E-state index contributed by atoms with van der Waals surface area (Å²) in [7, 11) is 2.06. The van der Waals surface area contributed by atoms with E-state index in [0.717, 1.165) is 25.3 Å². The molecule has 10 heavy (non-hydrogen) atoms. The van der Waals surface area contributed by atoms with Crippen molar-refractivity contribution in [3.05, 3.63) is 0 Å². The molecule has 0 unspecified atom stereocenters. The van der Waals surface area contributed by atoms with E-state index in [1.54, 1.807) is 0 Å². The average Bonchev–Trinajstić information content (AvgIpc) is 1.98. The fourth-order valence-electron chi connectivity index (χ4n) is 0.623. The van der Waals surface area contributed by atoms with E-state index in [1.165, 1.54) is 0 Å². The van der Waals surface area contributed by atoms with E-state index in [-0.39, 0.29) is 0 Å². The summed E-state index contributed by atoms with van der Waals surface area (Å²) < 4.78 is 0. The molecule has 2 nitrogen and oxygen atoms in total. The van der Waals surface area contributed by atoms with Gasteiger partial charge in [0.1, 0.15) is 0 Å². The molecule has 0 aliphatic heterocycles. The first-order valence-electron chi connectivity index (χ1n) is 3.94. The van der Waals surface area contributed by atoms with Gasteiger partial charge in [-0.15, -0.1) is 0 Å². The van der Waals surface area contributed by atoms with Crippen LogP contribution in [-0.2, 0) is 0 Å². The molecular weight excluding hydrogens is 124 g/mol. The Morgan fingerprint density at radius 3 is 2.40 bits per heavy atom. The average molecular weight is 142 g/mol. The van der Waals surface area contributed by atoms with E-state index in [0.29, 0.717) is 0 Å². The maximum Gasteiger partial charge on any atom is 0.0954 e. The van der Waals surface area contributed by atoms with Crippen molar-refractivity contribution in [1.82, 2.24) is 4.90 Å². The van der Waals surface area contributed by atoms with Crippen LogP contribution in [0.5, 0.6) is 0 Å². The molecule has 0 aliphatic carbocycles. The molecule has 0 saturated carbocycles. The van der Waals surface area contributed by atoms with Gasteiger partial charge in [-0.25, -0.2) is 0 Å². The van der Waals surface area contributed by atoms with Crippen molar-refractivity contribution in [1.29, 1.82) is 0 Å².